The lowest BCUT2D eigenvalue weighted by atomic mass is 10.1. The van der Waals surface area contributed by atoms with Gasteiger partial charge in [-0.1, -0.05) is 17.7 Å². The van der Waals surface area contributed by atoms with E-state index in [4.69, 9.17) is 16.9 Å². The van der Waals surface area contributed by atoms with Gasteiger partial charge in [-0.05, 0) is 18.2 Å². The minimum Gasteiger partial charge on any atom is -0.372 e. The van der Waals surface area contributed by atoms with Crippen molar-refractivity contribution >= 4 is 29.0 Å². The second kappa shape index (κ2) is 6.20. The molecule has 0 saturated heterocycles. The van der Waals surface area contributed by atoms with Crippen LogP contribution in [0, 0.1) is 17.1 Å². The molecule has 0 fully saturated rings. The zero-order chi connectivity index (χ0) is 15.4. The third-order valence-electron chi connectivity index (χ3n) is 2.71. The molecule has 0 unspecified atom stereocenters. The smallest absolute Gasteiger partial charge is 0.257 e. The summed E-state index contributed by atoms with van der Waals surface area (Å²) in [6, 6.07) is 7.13. The van der Waals surface area contributed by atoms with E-state index in [9.17, 15) is 9.18 Å². The third-order valence-corrected chi connectivity index (χ3v) is 3.00. The summed E-state index contributed by atoms with van der Waals surface area (Å²) in [7, 11) is 1.65. The molecule has 7 heteroatoms. The molecule has 5 nitrogen and oxygen atoms in total. The first-order chi connectivity index (χ1) is 10.1. The van der Waals surface area contributed by atoms with Crippen LogP contribution in [0.3, 0.4) is 0 Å². The Morgan fingerprint density at radius 3 is 2.86 bits per heavy atom. The van der Waals surface area contributed by atoms with Gasteiger partial charge in [0.15, 0.2) is 0 Å². The van der Waals surface area contributed by atoms with Crippen molar-refractivity contribution in [3.8, 4) is 6.07 Å². The van der Waals surface area contributed by atoms with E-state index in [2.05, 4.69) is 15.6 Å². The molecule has 1 aromatic carbocycles. The number of benzene rings is 1. The van der Waals surface area contributed by atoms with E-state index >= 15 is 0 Å². The number of aromatic nitrogens is 1. The van der Waals surface area contributed by atoms with Gasteiger partial charge >= 0.3 is 0 Å². The summed E-state index contributed by atoms with van der Waals surface area (Å²) in [6.45, 7) is 0. The summed E-state index contributed by atoms with van der Waals surface area (Å²) in [6.07, 6.45) is 1.33. The van der Waals surface area contributed by atoms with E-state index in [1.165, 1.54) is 24.4 Å². The zero-order valence-corrected chi connectivity index (χ0v) is 11.7. The number of rotatable bonds is 3. The highest BCUT2D eigenvalue weighted by atomic mass is 35.5. The third kappa shape index (κ3) is 3.09. The van der Waals surface area contributed by atoms with Crippen molar-refractivity contribution in [2.24, 2.45) is 0 Å². The molecule has 0 spiro atoms. The predicted molar refractivity (Wildman–Crippen MR) is 77.9 cm³/mol. The van der Waals surface area contributed by atoms with Crippen molar-refractivity contribution in [2.75, 3.05) is 17.7 Å². The molecule has 0 aliphatic rings. The maximum atomic E-state index is 13.5. The van der Waals surface area contributed by atoms with Gasteiger partial charge in [0.05, 0.1) is 16.3 Å². The first kappa shape index (κ1) is 14.8. The van der Waals surface area contributed by atoms with Gasteiger partial charge in [-0.15, -0.1) is 0 Å². The highest BCUT2D eigenvalue weighted by Gasteiger charge is 2.13. The van der Waals surface area contributed by atoms with Gasteiger partial charge in [0.2, 0.25) is 0 Å². The maximum Gasteiger partial charge on any atom is 0.257 e. The van der Waals surface area contributed by atoms with Crippen molar-refractivity contribution in [1.29, 1.82) is 5.26 Å². The van der Waals surface area contributed by atoms with Crippen LogP contribution in [0.2, 0.25) is 5.02 Å². The second-order valence-corrected chi connectivity index (χ2v) is 4.44. The Morgan fingerprint density at radius 2 is 2.24 bits per heavy atom. The van der Waals surface area contributed by atoms with E-state index in [0.29, 0.717) is 5.82 Å². The van der Waals surface area contributed by atoms with Gasteiger partial charge in [0.25, 0.3) is 5.91 Å². The summed E-state index contributed by atoms with van der Waals surface area (Å²) >= 11 is 5.94. The number of nitriles is 1. The number of hydrogen-bond acceptors (Lipinski definition) is 4. The highest BCUT2D eigenvalue weighted by molar-refractivity contribution is 6.33. The van der Waals surface area contributed by atoms with E-state index < -0.39 is 11.7 Å². The van der Waals surface area contributed by atoms with Crippen LogP contribution < -0.4 is 10.6 Å². The average molecular weight is 305 g/mol. The van der Waals surface area contributed by atoms with Gasteiger partial charge in [-0.3, -0.25) is 4.79 Å². The number of amides is 1. The fraction of sp³-hybridized carbons (Fsp3) is 0.0714. The molecule has 2 rings (SSSR count). The first-order valence-corrected chi connectivity index (χ1v) is 6.28. The van der Waals surface area contributed by atoms with Crippen LogP contribution in [-0.2, 0) is 0 Å². The fourth-order valence-electron chi connectivity index (χ4n) is 1.68. The molecule has 106 valence electrons. The lowest BCUT2D eigenvalue weighted by molar-refractivity contribution is 0.102. The molecule has 0 aliphatic heterocycles. The standard InChI is InChI=1S/C14H10ClFN4O/c1-18-13-10(15)5-8(7-19-13)14(21)20-12-4-2-3-11(16)9(12)6-17/h2-5,7H,1H3,(H,18,19)(H,20,21). The maximum absolute atomic E-state index is 13.5. The molecule has 2 aromatic rings. The number of nitrogens with zero attached hydrogens (tertiary/aromatic N) is 2. The van der Waals surface area contributed by atoms with Crippen molar-refractivity contribution < 1.29 is 9.18 Å². The van der Waals surface area contributed by atoms with Crippen LogP contribution >= 0.6 is 11.6 Å². The van der Waals surface area contributed by atoms with Crippen LogP contribution in [0.25, 0.3) is 0 Å². The summed E-state index contributed by atoms with van der Waals surface area (Å²) in [5, 5.41) is 14.4. The lowest BCUT2D eigenvalue weighted by Crippen LogP contribution is -2.14. The van der Waals surface area contributed by atoms with Crippen LogP contribution in [0.15, 0.2) is 30.5 Å². The van der Waals surface area contributed by atoms with Gasteiger partial charge in [0.1, 0.15) is 23.3 Å². The number of hydrogen-bond donors (Lipinski definition) is 2. The lowest BCUT2D eigenvalue weighted by Gasteiger charge is -2.08. The molecular weight excluding hydrogens is 295 g/mol. The molecule has 0 saturated carbocycles. The molecule has 1 heterocycles. The van der Waals surface area contributed by atoms with Crippen molar-refractivity contribution in [1.82, 2.24) is 4.98 Å². The number of nitrogens with one attached hydrogen (secondary N) is 2. The molecule has 2 N–H and O–H groups in total. The van der Waals surface area contributed by atoms with Crippen LogP contribution in [0.4, 0.5) is 15.9 Å². The van der Waals surface area contributed by atoms with Crippen LogP contribution in [0.5, 0.6) is 0 Å². The Morgan fingerprint density at radius 1 is 1.48 bits per heavy atom. The Kier molecular flexibility index (Phi) is 4.36. The van der Waals surface area contributed by atoms with Gasteiger partial charge in [-0.2, -0.15) is 5.26 Å². The van der Waals surface area contributed by atoms with Crippen molar-refractivity contribution in [2.45, 2.75) is 0 Å². The van der Waals surface area contributed by atoms with E-state index in [-0.39, 0.29) is 21.8 Å². The van der Waals surface area contributed by atoms with E-state index in [0.717, 1.165) is 6.07 Å². The Hall–Kier alpha value is -2.65. The molecule has 0 atom stereocenters. The van der Waals surface area contributed by atoms with E-state index in [1.54, 1.807) is 13.1 Å². The first-order valence-electron chi connectivity index (χ1n) is 5.90. The second-order valence-electron chi connectivity index (χ2n) is 4.03. The Bertz CT molecular complexity index is 742. The number of carbonyl (C=O) groups is 1. The quantitative estimate of drug-likeness (QED) is 0.913. The van der Waals surface area contributed by atoms with Crippen LogP contribution in [0.1, 0.15) is 15.9 Å². The van der Waals surface area contributed by atoms with Gasteiger partial charge in [0, 0.05) is 13.2 Å². The Labute approximate surface area is 125 Å². The molecule has 21 heavy (non-hydrogen) atoms. The fourth-order valence-corrected chi connectivity index (χ4v) is 1.94. The normalized spacial score (nSPS) is 9.81. The molecule has 1 amide bonds. The average Bonchev–Trinajstić information content (AvgIpc) is 2.47. The summed E-state index contributed by atoms with van der Waals surface area (Å²) in [5.41, 5.74) is 0.0696. The Balaban J connectivity index is 2.29. The molecule has 1 aromatic heterocycles. The number of anilines is 2. The monoisotopic (exact) mass is 304 g/mol. The van der Waals surface area contributed by atoms with Crippen molar-refractivity contribution in [3.63, 3.8) is 0 Å². The molecular formula is C14H10ClFN4O. The highest BCUT2D eigenvalue weighted by Crippen LogP contribution is 2.22. The zero-order valence-electron chi connectivity index (χ0n) is 10.9. The predicted octanol–water partition coefficient (Wildman–Crippen LogP) is 3.04. The molecule has 0 bridgehead atoms. The SMILES string of the molecule is CNc1ncc(C(=O)Nc2cccc(F)c2C#N)cc1Cl. The topological polar surface area (TPSA) is 77.8 Å². The molecule has 0 radical (unpaired) electrons. The van der Waals surface area contributed by atoms with Crippen LogP contribution in [-0.4, -0.2) is 17.9 Å². The van der Waals surface area contributed by atoms with E-state index in [1.807, 2.05) is 0 Å². The molecule has 0 aliphatic carbocycles. The van der Waals surface area contributed by atoms with Gasteiger partial charge in [-0.25, -0.2) is 9.37 Å². The largest absolute Gasteiger partial charge is 0.372 e. The van der Waals surface area contributed by atoms with Gasteiger partial charge < -0.3 is 10.6 Å². The number of carbonyl (C=O) groups excluding carboxylic acids is 1. The van der Waals surface area contributed by atoms with Crippen molar-refractivity contribution in [3.05, 3.63) is 52.4 Å². The minimum absolute atomic E-state index is 0.0938. The number of pyridine rings is 1. The summed E-state index contributed by atoms with van der Waals surface area (Å²) in [5.74, 6) is -0.789. The summed E-state index contributed by atoms with van der Waals surface area (Å²) in [4.78, 5) is 16.1. The summed E-state index contributed by atoms with van der Waals surface area (Å²) < 4.78 is 13.5. The minimum atomic E-state index is -0.697. The number of halogens is 2.